The molecule has 1 aromatic carbocycles. The number of benzene rings is 1. The molecule has 0 unspecified atom stereocenters. The zero-order valence-electron chi connectivity index (χ0n) is 9.02. The quantitative estimate of drug-likeness (QED) is 0.676. The molecule has 1 N–H and O–H groups in total. The largest absolute Gasteiger partial charge is 0.373 e. The minimum absolute atomic E-state index is 0.0828. The van der Waals surface area contributed by atoms with Crippen molar-refractivity contribution < 1.29 is 9.31 Å². The molecule has 0 spiro atoms. The van der Waals surface area contributed by atoms with Gasteiger partial charge in [0.1, 0.15) is 5.69 Å². The van der Waals surface area contributed by atoms with Crippen molar-refractivity contribution in [1.29, 1.82) is 0 Å². The minimum Gasteiger partial charge on any atom is -0.373 e. The van der Waals surface area contributed by atoms with Gasteiger partial charge < -0.3 is 5.32 Å². The van der Waals surface area contributed by atoms with E-state index in [-0.39, 0.29) is 11.4 Å². The van der Waals surface area contributed by atoms with Gasteiger partial charge in [-0.1, -0.05) is 6.07 Å². The van der Waals surface area contributed by atoms with Crippen molar-refractivity contribution >= 4 is 38.6 Å². The first kappa shape index (κ1) is 13.0. The van der Waals surface area contributed by atoms with Gasteiger partial charge >= 0.3 is 0 Å². The van der Waals surface area contributed by atoms with E-state index in [4.69, 9.17) is 0 Å². The number of nitro benzene ring substituents is 1. The van der Waals surface area contributed by atoms with E-state index < -0.39 is 10.7 Å². The van der Waals surface area contributed by atoms with Crippen LogP contribution in [0.15, 0.2) is 33.4 Å². The average molecular weight is 331 g/mol. The zero-order chi connectivity index (χ0) is 13.1. The highest BCUT2D eigenvalue weighted by atomic mass is 79.9. The lowest BCUT2D eigenvalue weighted by atomic mass is 10.2. The summed E-state index contributed by atoms with van der Waals surface area (Å²) in [6.45, 7) is 0.325. The fraction of sp³-hybridized carbons (Fsp3) is 0.0909. The minimum atomic E-state index is -0.629. The fourth-order valence-corrected chi connectivity index (χ4v) is 2.90. The zero-order valence-corrected chi connectivity index (χ0v) is 11.4. The molecule has 0 radical (unpaired) electrons. The van der Waals surface area contributed by atoms with Gasteiger partial charge in [0.15, 0.2) is 5.82 Å². The smallest absolute Gasteiger partial charge is 0.295 e. The summed E-state index contributed by atoms with van der Waals surface area (Å²) in [5.74, 6) is -0.629. The molecule has 0 amide bonds. The lowest BCUT2D eigenvalue weighted by molar-refractivity contribution is -0.384. The Hall–Kier alpha value is -1.47. The Morgan fingerprint density at radius 3 is 2.83 bits per heavy atom. The third kappa shape index (κ3) is 2.68. The number of rotatable bonds is 4. The van der Waals surface area contributed by atoms with Crippen LogP contribution in [-0.2, 0) is 6.54 Å². The number of halogens is 2. The lowest BCUT2D eigenvalue weighted by Crippen LogP contribution is -2.04. The summed E-state index contributed by atoms with van der Waals surface area (Å²) in [7, 11) is 0. The van der Waals surface area contributed by atoms with Crippen molar-refractivity contribution in [3.63, 3.8) is 0 Å². The summed E-state index contributed by atoms with van der Waals surface area (Å²) in [6.07, 6.45) is 0. The fourth-order valence-electron chi connectivity index (χ4n) is 1.46. The molecule has 1 aromatic heterocycles. The maximum absolute atomic E-state index is 13.6. The van der Waals surface area contributed by atoms with Gasteiger partial charge in [-0.05, 0) is 32.9 Å². The second kappa shape index (κ2) is 5.45. The number of anilines is 1. The van der Waals surface area contributed by atoms with Gasteiger partial charge in [-0.3, -0.25) is 10.1 Å². The summed E-state index contributed by atoms with van der Waals surface area (Å²) in [5.41, 5.74) is 0.583. The number of nitrogens with zero attached hydrogens (tertiary/aromatic N) is 1. The van der Waals surface area contributed by atoms with Crippen LogP contribution in [0.5, 0.6) is 0 Å². The Morgan fingerprint density at radius 1 is 1.44 bits per heavy atom. The molecule has 0 saturated heterocycles. The van der Waals surface area contributed by atoms with Gasteiger partial charge in [0.25, 0.3) is 5.69 Å². The molecule has 0 fully saturated rings. The van der Waals surface area contributed by atoms with Crippen LogP contribution >= 0.6 is 27.3 Å². The van der Waals surface area contributed by atoms with Crippen molar-refractivity contribution in [2.24, 2.45) is 0 Å². The van der Waals surface area contributed by atoms with Crippen LogP contribution < -0.4 is 5.32 Å². The molecular weight excluding hydrogens is 323 g/mol. The Kier molecular flexibility index (Phi) is 3.93. The molecule has 2 aromatic rings. The van der Waals surface area contributed by atoms with Crippen LogP contribution in [0.1, 0.15) is 5.56 Å². The first-order valence-electron chi connectivity index (χ1n) is 4.97. The standard InChI is InChI=1S/C11H8BrFN2O2S/c12-8-6-18-5-7(8)4-14-11-9(13)2-1-3-10(11)15(16)17/h1-3,5-6,14H,4H2. The molecule has 0 atom stereocenters. The molecule has 4 nitrogen and oxygen atoms in total. The predicted molar refractivity (Wildman–Crippen MR) is 72.4 cm³/mol. The average Bonchev–Trinajstić information content (AvgIpc) is 2.73. The summed E-state index contributed by atoms with van der Waals surface area (Å²) < 4.78 is 14.5. The third-order valence-corrected chi connectivity index (χ3v) is 4.17. The molecule has 0 aliphatic carbocycles. The van der Waals surface area contributed by atoms with Crippen LogP contribution in [0.3, 0.4) is 0 Å². The molecule has 7 heteroatoms. The molecule has 18 heavy (non-hydrogen) atoms. The molecular formula is C11H8BrFN2O2S. The van der Waals surface area contributed by atoms with Crippen LogP contribution in [0.25, 0.3) is 0 Å². The van der Waals surface area contributed by atoms with Gasteiger partial charge in [-0.2, -0.15) is 11.3 Å². The Labute approximate surface area is 115 Å². The van der Waals surface area contributed by atoms with E-state index in [1.165, 1.54) is 29.5 Å². The summed E-state index contributed by atoms with van der Waals surface area (Å²) in [6, 6.07) is 3.78. The Bertz CT molecular complexity index is 588. The van der Waals surface area contributed by atoms with Gasteiger partial charge in [0.05, 0.1) is 4.92 Å². The van der Waals surface area contributed by atoms with Crippen molar-refractivity contribution in [1.82, 2.24) is 0 Å². The second-order valence-corrected chi connectivity index (χ2v) is 5.09. The highest BCUT2D eigenvalue weighted by Gasteiger charge is 2.17. The number of nitro groups is 1. The number of para-hydroxylation sites is 1. The normalized spacial score (nSPS) is 10.3. The third-order valence-electron chi connectivity index (χ3n) is 2.33. The van der Waals surface area contributed by atoms with E-state index >= 15 is 0 Å². The number of hydrogen-bond acceptors (Lipinski definition) is 4. The molecule has 0 bridgehead atoms. The van der Waals surface area contributed by atoms with E-state index in [0.717, 1.165) is 10.0 Å². The highest BCUT2D eigenvalue weighted by molar-refractivity contribution is 9.10. The van der Waals surface area contributed by atoms with Crippen molar-refractivity contribution in [3.05, 3.63) is 54.9 Å². The monoisotopic (exact) mass is 330 g/mol. The second-order valence-electron chi connectivity index (χ2n) is 3.49. The van der Waals surface area contributed by atoms with E-state index in [1.807, 2.05) is 10.8 Å². The molecule has 0 saturated carbocycles. The Balaban J connectivity index is 2.24. The predicted octanol–water partition coefficient (Wildman–Crippen LogP) is 4.17. The number of hydrogen-bond donors (Lipinski definition) is 1. The van der Waals surface area contributed by atoms with Crippen molar-refractivity contribution in [3.8, 4) is 0 Å². The van der Waals surface area contributed by atoms with Gasteiger partial charge in [0.2, 0.25) is 0 Å². The highest BCUT2D eigenvalue weighted by Crippen LogP contribution is 2.29. The lowest BCUT2D eigenvalue weighted by Gasteiger charge is -2.07. The van der Waals surface area contributed by atoms with Crippen LogP contribution in [-0.4, -0.2) is 4.92 Å². The summed E-state index contributed by atoms with van der Waals surface area (Å²) in [5, 5.41) is 17.3. The summed E-state index contributed by atoms with van der Waals surface area (Å²) in [4.78, 5) is 10.2. The molecule has 0 aliphatic heterocycles. The maximum Gasteiger partial charge on any atom is 0.295 e. The SMILES string of the molecule is O=[N+]([O-])c1cccc(F)c1NCc1cscc1Br. The first-order chi connectivity index (χ1) is 8.59. The number of nitrogens with one attached hydrogen (secondary N) is 1. The number of thiophene rings is 1. The van der Waals surface area contributed by atoms with Crippen molar-refractivity contribution in [2.45, 2.75) is 6.54 Å². The molecule has 0 aliphatic rings. The van der Waals surface area contributed by atoms with Crippen LogP contribution in [0, 0.1) is 15.9 Å². The Morgan fingerprint density at radius 2 is 2.22 bits per heavy atom. The molecule has 94 valence electrons. The topological polar surface area (TPSA) is 55.2 Å². The summed E-state index contributed by atoms with van der Waals surface area (Å²) >= 11 is 4.85. The van der Waals surface area contributed by atoms with Crippen LogP contribution in [0.2, 0.25) is 0 Å². The van der Waals surface area contributed by atoms with Crippen LogP contribution in [0.4, 0.5) is 15.8 Å². The first-order valence-corrected chi connectivity index (χ1v) is 6.70. The van der Waals surface area contributed by atoms with E-state index in [2.05, 4.69) is 21.2 Å². The van der Waals surface area contributed by atoms with Gasteiger partial charge in [0, 0.05) is 22.5 Å². The van der Waals surface area contributed by atoms with E-state index in [9.17, 15) is 14.5 Å². The van der Waals surface area contributed by atoms with Gasteiger partial charge in [-0.25, -0.2) is 4.39 Å². The molecule has 1 heterocycles. The maximum atomic E-state index is 13.6. The van der Waals surface area contributed by atoms with Crippen molar-refractivity contribution in [2.75, 3.05) is 5.32 Å². The van der Waals surface area contributed by atoms with Gasteiger partial charge in [-0.15, -0.1) is 0 Å². The van der Waals surface area contributed by atoms with E-state index in [0.29, 0.717) is 6.54 Å². The molecule has 2 rings (SSSR count). The van der Waals surface area contributed by atoms with E-state index in [1.54, 1.807) is 0 Å².